The lowest BCUT2D eigenvalue weighted by Gasteiger charge is -2.41. The van der Waals surface area contributed by atoms with E-state index in [1.165, 1.54) is 27.1 Å². The van der Waals surface area contributed by atoms with Crippen LogP contribution in [0.2, 0.25) is 0 Å². The molecule has 1 saturated carbocycles. The Labute approximate surface area is 127 Å². The van der Waals surface area contributed by atoms with Crippen LogP contribution >= 0.6 is 27.3 Å². The van der Waals surface area contributed by atoms with Crippen molar-refractivity contribution in [2.45, 2.75) is 38.0 Å². The third-order valence-electron chi connectivity index (χ3n) is 3.98. The van der Waals surface area contributed by atoms with Gasteiger partial charge in [0.2, 0.25) is 0 Å². The van der Waals surface area contributed by atoms with Gasteiger partial charge in [0.15, 0.2) is 0 Å². The summed E-state index contributed by atoms with van der Waals surface area (Å²) in [7, 11) is 2.01. The Morgan fingerprint density at radius 2 is 2.32 bits per heavy atom. The molecule has 1 aromatic heterocycles. The minimum atomic E-state index is 0.268. The second-order valence-corrected chi connectivity index (χ2v) is 7.58. The average Bonchev–Trinajstić information content (AvgIpc) is 3.17. The van der Waals surface area contributed by atoms with Crippen LogP contribution in [0.3, 0.4) is 0 Å². The molecule has 19 heavy (non-hydrogen) atoms. The zero-order chi connectivity index (χ0) is 13.4. The number of thiophene rings is 1. The minimum Gasteiger partial charge on any atom is -0.374 e. The molecule has 1 N–H and O–H groups in total. The Morgan fingerprint density at radius 3 is 2.89 bits per heavy atom. The summed E-state index contributed by atoms with van der Waals surface area (Å²) in [4.78, 5) is 5.47. The van der Waals surface area contributed by atoms with Crippen molar-refractivity contribution in [2.24, 2.45) is 0 Å². The number of nitrogens with zero attached hydrogens (tertiary/aromatic N) is 1. The molecule has 2 heterocycles. The third kappa shape index (κ3) is 2.90. The first kappa shape index (κ1) is 14.0. The lowest BCUT2D eigenvalue weighted by Crippen LogP contribution is -2.49. The van der Waals surface area contributed by atoms with Crippen molar-refractivity contribution in [1.29, 1.82) is 0 Å². The molecule has 2 unspecified atom stereocenters. The van der Waals surface area contributed by atoms with E-state index in [4.69, 9.17) is 4.74 Å². The number of halogens is 1. The molecule has 0 radical (unpaired) electrons. The highest BCUT2D eigenvalue weighted by molar-refractivity contribution is 9.10. The maximum atomic E-state index is 6.03. The maximum Gasteiger partial charge on any atom is 0.0904 e. The number of morpholine rings is 1. The summed E-state index contributed by atoms with van der Waals surface area (Å²) in [5.41, 5.74) is 0. The van der Waals surface area contributed by atoms with Crippen LogP contribution in [0.15, 0.2) is 10.5 Å². The fourth-order valence-electron chi connectivity index (χ4n) is 2.91. The molecule has 0 spiro atoms. The van der Waals surface area contributed by atoms with Crippen LogP contribution in [0.5, 0.6) is 0 Å². The number of nitrogens with one attached hydrogen (secondary N) is 1. The van der Waals surface area contributed by atoms with Gasteiger partial charge in [0, 0.05) is 33.4 Å². The molecule has 1 aromatic rings. The predicted molar refractivity (Wildman–Crippen MR) is 82.9 cm³/mol. The van der Waals surface area contributed by atoms with Crippen molar-refractivity contribution in [3.05, 3.63) is 20.3 Å². The van der Waals surface area contributed by atoms with E-state index in [1.807, 2.05) is 18.4 Å². The molecule has 1 aliphatic carbocycles. The molecule has 5 heteroatoms. The normalized spacial score (nSPS) is 28.8. The van der Waals surface area contributed by atoms with Gasteiger partial charge in [-0.15, -0.1) is 11.3 Å². The zero-order valence-corrected chi connectivity index (χ0v) is 13.9. The van der Waals surface area contributed by atoms with Crippen molar-refractivity contribution in [2.75, 3.05) is 26.7 Å². The Kier molecular flexibility index (Phi) is 4.29. The van der Waals surface area contributed by atoms with Crippen LogP contribution in [-0.4, -0.2) is 43.8 Å². The van der Waals surface area contributed by atoms with Crippen molar-refractivity contribution in [3.63, 3.8) is 0 Å². The minimum absolute atomic E-state index is 0.268. The maximum absolute atomic E-state index is 6.03. The molecule has 0 bridgehead atoms. The van der Waals surface area contributed by atoms with Crippen LogP contribution in [0.25, 0.3) is 0 Å². The summed E-state index contributed by atoms with van der Waals surface area (Å²) in [6.45, 7) is 5.04. The largest absolute Gasteiger partial charge is 0.374 e. The molecule has 2 aliphatic rings. The lowest BCUT2D eigenvalue weighted by molar-refractivity contribution is -0.0728. The summed E-state index contributed by atoms with van der Waals surface area (Å²) >= 11 is 5.55. The van der Waals surface area contributed by atoms with Crippen molar-refractivity contribution in [1.82, 2.24) is 10.2 Å². The lowest BCUT2D eigenvalue weighted by atomic mass is 10.0. The van der Waals surface area contributed by atoms with Gasteiger partial charge < -0.3 is 10.1 Å². The standard InChI is InChI=1S/C14H21BrN2OS/c1-9-11(15)7-13(19-9)14-12(8-16-2)18-6-5-17(14)10-3-4-10/h7,10,12,14,16H,3-6,8H2,1-2H3. The summed E-state index contributed by atoms with van der Waals surface area (Å²) in [5, 5.41) is 3.28. The molecular formula is C14H21BrN2OS. The second kappa shape index (κ2) is 5.82. The number of aryl methyl sites for hydroxylation is 1. The van der Waals surface area contributed by atoms with Crippen molar-refractivity contribution in [3.8, 4) is 0 Å². The van der Waals surface area contributed by atoms with Gasteiger partial charge in [0.05, 0.1) is 18.8 Å². The summed E-state index contributed by atoms with van der Waals surface area (Å²) in [6.07, 6.45) is 2.98. The van der Waals surface area contributed by atoms with Crippen molar-refractivity contribution >= 4 is 27.3 Å². The van der Waals surface area contributed by atoms with Gasteiger partial charge in [0.25, 0.3) is 0 Å². The Morgan fingerprint density at radius 1 is 1.53 bits per heavy atom. The average molecular weight is 345 g/mol. The summed E-state index contributed by atoms with van der Waals surface area (Å²) in [6, 6.07) is 3.50. The molecule has 0 aromatic carbocycles. The first-order valence-electron chi connectivity index (χ1n) is 6.98. The van der Waals surface area contributed by atoms with Crippen LogP contribution in [-0.2, 0) is 4.74 Å². The molecular weight excluding hydrogens is 324 g/mol. The SMILES string of the molecule is CNCC1OCCN(C2CC2)C1c1cc(Br)c(C)s1. The van der Waals surface area contributed by atoms with Gasteiger partial charge in [-0.1, -0.05) is 0 Å². The fraction of sp³-hybridized carbons (Fsp3) is 0.714. The van der Waals surface area contributed by atoms with Gasteiger partial charge >= 0.3 is 0 Å². The molecule has 1 aliphatic heterocycles. The number of ether oxygens (including phenoxy) is 1. The first-order chi connectivity index (χ1) is 9.20. The van der Waals surface area contributed by atoms with E-state index in [-0.39, 0.29) is 6.10 Å². The summed E-state index contributed by atoms with van der Waals surface area (Å²) < 4.78 is 7.26. The highest BCUT2D eigenvalue weighted by Gasteiger charge is 2.41. The molecule has 3 rings (SSSR count). The molecule has 1 saturated heterocycles. The van der Waals surface area contributed by atoms with E-state index in [0.717, 1.165) is 25.7 Å². The van der Waals surface area contributed by atoms with Gasteiger partial charge in [0.1, 0.15) is 0 Å². The van der Waals surface area contributed by atoms with E-state index in [9.17, 15) is 0 Å². The zero-order valence-electron chi connectivity index (χ0n) is 11.5. The molecule has 2 atom stereocenters. The number of hydrogen-bond acceptors (Lipinski definition) is 4. The van der Waals surface area contributed by atoms with Gasteiger partial charge in [-0.2, -0.15) is 0 Å². The second-order valence-electron chi connectivity index (χ2n) is 5.43. The highest BCUT2D eigenvalue weighted by Crippen LogP contribution is 2.42. The smallest absolute Gasteiger partial charge is 0.0904 e. The predicted octanol–water partition coefficient (Wildman–Crippen LogP) is 2.94. The van der Waals surface area contributed by atoms with Crippen LogP contribution in [0.4, 0.5) is 0 Å². The van der Waals surface area contributed by atoms with Gasteiger partial charge in [-0.05, 0) is 48.8 Å². The number of rotatable bonds is 4. The Balaban J connectivity index is 1.89. The van der Waals surface area contributed by atoms with E-state index in [2.05, 4.69) is 39.1 Å². The topological polar surface area (TPSA) is 24.5 Å². The highest BCUT2D eigenvalue weighted by atomic mass is 79.9. The van der Waals surface area contributed by atoms with Gasteiger partial charge in [-0.3, -0.25) is 4.90 Å². The van der Waals surface area contributed by atoms with E-state index in [0.29, 0.717) is 6.04 Å². The Hall–Kier alpha value is 0.0600. The van der Waals surface area contributed by atoms with Gasteiger partial charge in [-0.25, -0.2) is 0 Å². The Bertz CT molecular complexity index is 425. The molecule has 0 amide bonds. The molecule has 3 nitrogen and oxygen atoms in total. The summed E-state index contributed by atoms with van der Waals surface area (Å²) in [5.74, 6) is 0. The van der Waals surface area contributed by atoms with Crippen LogP contribution in [0.1, 0.15) is 28.6 Å². The van der Waals surface area contributed by atoms with E-state index < -0.39 is 0 Å². The van der Waals surface area contributed by atoms with E-state index >= 15 is 0 Å². The molecule has 106 valence electrons. The van der Waals surface area contributed by atoms with Crippen LogP contribution < -0.4 is 5.32 Å². The third-order valence-corrected chi connectivity index (χ3v) is 6.19. The number of hydrogen-bond donors (Lipinski definition) is 1. The quantitative estimate of drug-likeness (QED) is 0.908. The number of likely N-dealkylation sites (N-methyl/N-ethyl adjacent to an activating group) is 1. The monoisotopic (exact) mass is 344 g/mol. The first-order valence-corrected chi connectivity index (χ1v) is 8.59. The van der Waals surface area contributed by atoms with Crippen LogP contribution in [0, 0.1) is 6.92 Å². The van der Waals surface area contributed by atoms with Crippen molar-refractivity contribution < 1.29 is 4.74 Å². The molecule has 2 fully saturated rings. The van der Waals surface area contributed by atoms with E-state index in [1.54, 1.807) is 0 Å². The fourth-order valence-corrected chi connectivity index (χ4v) is 4.65.